The lowest BCUT2D eigenvalue weighted by atomic mass is 9.83. The monoisotopic (exact) mass is 222 g/mol. The summed E-state index contributed by atoms with van der Waals surface area (Å²) in [7, 11) is 2.04. The Morgan fingerprint density at radius 2 is 2.33 bits per heavy atom. The van der Waals surface area contributed by atoms with Crippen LogP contribution in [-0.2, 0) is 5.41 Å². The number of likely N-dealkylation sites (N-methyl/N-ethyl adjacent to an activating group) is 1. The minimum absolute atomic E-state index is 0.418. The molecule has 15 heavy (non-hydrogen) atoms. The van der Waals surface area contributed by atoms with Gasteiger partial charge in [-0.2, -0.15) is 0 Å². The Kier molecular flexibility index (Phi) is 2.33. The first kappa shape index (κ1) is 9.79. The average molecular weight is 222 g/mol. The number of nitrogens with one attached hydrogen (secondary N) is 1. The largest absolute Gasteiger partial charge is 0.319 e. The van der Waals surface area contributed by atoms with Crippen molar-refractivity contribution in [3.63, 3.8) is 0 Å². The lowest BCUT2D eigenvalue weighted by Crippen LogP contribution is -2.23. The van der Waals surface area contributed by atoms with Crippen LogP contribution in [0.25, 0.3) is 0 Å². The van der Waals surface area contributed by atoms with E-state index in [0.717, 1.165) is 12.5 Å². The fraction of sp³-hybridized carbons (Fsp3) is 0.750. The van der Waals surface area contributed by atoms with Crippen molar-refractivity contribution in [2.75, 3.05) is 13.6 Å². The molecule has 3 heteroatoms. The third-order valence-corrected chi connectivity index (χ3v) is 4.97. The van der Waals surface area contributed by atoms with Gasteiger partial charge in [0.05, 0.1) is 5.69 Å². The van der Waals surface area contributed by atoms with Crippen molar-refractivity contribution in [3.05, 3.63) is 16.1 Å². The molecule has 0 unspecified atom stereocenters. The van der Waals surface area contributed by atoms with E-state index in [1.165, 1.54) is 42.8 Å². The van der Waals surface area contributed by atoms with Crippen LogP contribution in [0.3, 0.4) is 0 Å². The summed E-state index contributed by atoms with van der Waals surface area (Å²) >= 11 is 1.89. The Morgan fingerprint density at radius 3 is 2.87 bits per heavy atom. The van der Waals surface area contributed by atoms with E-state index in [1.54, 1.807) is 0 Å². The summed E-state index contributed by atoms with van der Waals surface area (Å²) in [6.45, 7) is 1.10. The number of nitrogens with zero attached hydrogens (tertiary/aromatic N) is 1. The molecule has 0 aliphatic heterocycles. The molecule has 0 aromatic carbocycles. The number of hydrogen-bond donors (Lipinski definition) is 1. The molecular formula is C12H18N2S. The van der Waals surface area contributed by atoms with E-state index in [9.17, 15) is 0 Å². The molecular weight excluding hydrogens is 204 g/mol. The summed E-state index contributed by atoms with van der Waals surface area (Å²) in [5.41, 5.74) is 1.80. The van der Waals surface area contributed by atoms with Gasteiger partial charge in [-0.3, -0.25) is 0 Å². The van der Waals surface area contributed by atoms with Crippen molar-refractivity contribution >= 4 is 11.3 Å². The van der Waals surface area contributed by atoms with Gasteiger partial charge in [0.15, 0.2) is 0 Å². The molecule has 0 radical (unpaired) electrons. The van der Waals surface area contributed by atoms with Gasteiger partial charge in [0.25, 0.3) is 0 Å². The smallest absolute Gasteiger partial charge is 0.100 e. The second-order valence-electron chi connectivity index (χ2n) is 5.02. The number of hydrogen-bond acceptors (Lipinski definition) is 3. The first-order chi connectivity index (χ1) is 7.34. The highest BCUT2D eigenvalue weighted by Gasteiger charge is 2.46. The molecule has 2 fully saturated rings. The Morgan fingerprint density at radius 1 is 1.53 bits per heavy atom. The van der Waals surface area contributed by atoms with Crippen molar-refractivity contribution in [2.24, 2.45) is 0 Å². The van der Waals surface area contributed by atoms with E-state index >= 15 is 0 Å². The molecule has 2 nitrogen and oxygen atoms in total. The van der Waals surface area contributed by atoms with E-state index in [0.29, 0.717) is 5.41 Å². The second kappa shape index (κ2) is 3.56. The first-order valence-corrected chi connectivity index (χ1v) is 6.82. The zero-order valence-electron chi connectivity index (χ0n) is 9.25. The SMILES string of the molecule is CNCC1(c2nc(C3CCC3)cs2)CC1. The zero-order valence-corrected chi connectivity index (χ0v) is 10.1. The van der Waals surface area contributed by atoms with E-state index in [4.69, 9.17) is 4.98 Å². The lowest BCUT2D eigenvalue weighted by molar-refractivity contribution is 0.411. The van der Waals surface area contributed by atoms with Gasteiger partial charge >= 0.3 is 0 Å². The van der Waals surface area contributed by atoms with Crippen LogP contribution in [0.2, 0.25) is 0 Å². The van der Waals surface area contributed by atoms with Crippen LogP contribution in [0.5, 0.6) is 0 Å². The number of aromatic nitrogens is 1. The molecule has 1 aromatic rings. The van der Waals surface area contributed by atoms with Crippen LogP contribution in [0.4, 0.5) is 0 Å². The van der Waals surface area contributed by atoms with E-state index in [2.05, 4.69) is 10.7 Å². The van der Waals surface area contributed by atoms with Crippen LogP contribution in [-0.4, -0.2) is 18.6 Å². The van der Waals surface area contributed by atoms with E-state index < -0.39 is 0 Å². The normalized spacial score (nSPS) is 23.8. The second-order valence-corrected chi connectivity index (χ2v) is 5.87. The van der Waals surface area contributed by atoms with E-state index in [-0.39, 0.29) is 0 Å². The molecule has 2 saturated carbocycles. The molecule has 1 N–H and O–H groups in total. The van der Waals surface area contributed by atoms with Crippen LogP contribution >= 0.6 is 11.3 Å². The van der Waals surface area contributed by atoms with Crippen LogP contribution in [0.15, 0.2) is 5.38 Å². The zero-order chi connectivity index (χ0) is 10.3. The molecule has 82 valence electrons. The van der Waals surface area contributed by atoms with Gasteiger partial charge in [-0.05, 0) is 32.7 Å². The molecule has 2 aliphatic carbocycles. The highest BCUT2D eigenvalue weighted by Crippen LogP contribution is 2.49. The topological polar surface area (TPSA) is 24.9 Å². The Hall–Kier alpha value is -0.410. The van der Waals surface area contributed by atoms with Gasteiger partial charge in [0.2, 0.25) is 0 Å². The summed E-state index contributed by atoms with van der Waals surface area (Å²) in [5.74, 6) is 0.792. The molecule has 0 saturated heterocycles. The summed E-state index contributed by atoms with van der Waals surface area (Å²) in [4.78, 5) is 4.86. The maximum atomic E-state index is 4.86. The van der Waals surface area contributed by atoms with Gasteiger partial charge in [-0.15, -0.1) is 11.3 Å². The third-order valence-electron chi connectivity index (χ3n) is 3.87. The molecule has 1 aromatic heterocycles. The predicted molar refractivity (Wildman–Crippen MR) is 63.5 cm³/mol. The van der Waals surface area contributed by atoms with Crippen LogP contribution in [0.1, 0.15) is 48.7 Å². The van der Waals surface area contributed by atoms with Gasteiger partial charge < -0.3 is 5.32 Å². The molecule has 0 amide bonds. The molecule has 0 atom stereocenters. The van der Waals surface area contributed by atoms with Crippen molar-refractivity contribution in [1.82, 2.24) is 10.3 Å². The van der Waals surface area contributed by atoms with Gasteiger partial charge in [0.1, 0.15) is 5.01 Å². The third kappa shape index (κ3) is 1.62. The minimum atomic E-state index is 0.418. The van der Waals surface area contributed by atoms with Crippen LogP contribution in [0, 0.1) is 0 Å². The highest BCUT2D eigenvalue weighted by molar-refractivity contribution is 7.09. The predicted octanol–water partition coefficient (Wildman–Crippen LogP) is 2.66. The fourth-order valence-corrected chi connectivity index (χ4v) is 3.54. The standard InChI is InChI=1S/C12H18N2S/c1-13-8-12(5-6-12)11-14-10(7-15-11)9-3-2-4-9/h7,9,13H,2-6,8H2,1H3. The van der Waals surface area contributed by atoms with Crippen molar-refractivity contribution in [1.29, 1.82) is 0 Å². The molecule has 0 spiro atoms. The molecule has 1 heterocycles. The van der Waals surface area contributed by atoms with Gasteiger partial charge in [0, 0.05) is 23.3 Å². The number of rotatable bonds is 4. The minimum Gasteiger partial charge on any atom is -0.319 e. The van der Waals surface area contributed by atoms with Crippen molar-refractivity contribution in [2.45, 2.75) is 43.4 Å². The summed E-state index contributed by atoms with van der Waals surface area (Å²) in [6.07, 6.45) is 6.78. The molecule has 0 bridgehead atoms. The van der Waals surface area contributed by atoms with Gasteiger partial charge in [-0.25, -0.2) is 4.98 Å². The molecule has 2 aliphatic rings. The van der Waals surface area contributed by atoms with Crippen LogP contribution < -0.4 is 5.32 Å². The van der Waals surface area contributed by atoms with E-state index in [1.807, 2.05) is 18.4 Å². The quantitative estimate of drug-likeness (QED) is 0.847. The average Bonchev–Trinajstić information content (AvgIpc) is 2.75. The summed E-state index contributed by atoms with van der Waals surface area (Å²) in [5, 5.41) is 6.99. The Balaban J connectivity index is 1.78. The maximum Gasteiger partial charge on any atom is 0.100 e. The first-order valence-electron chi connectivity index (χ1n) is 5.95. The Labute approximate surface area is 95.1 Å². The molecule has 3 rings (SSSR count). The fourth-order valence-electron chi connectivity index (χ4n) is 2.38. The van der Waals surface area contributed by atoms with Gasteiger partial charge in [-0.1, -0.05) is 6.42 Å². The van der Waals surface area contributed by atoms with Crippen molar-refractivity contribution in [3.8, 4) is 0 Å². The summed E-state index contributed by atoms with van der Waals surface area (Å²) in [6, 6.07) is 0. The van der Waals surface area contributed by atoms with Crippen molar-refractivity contribution < 1.29 is 0 Å². The lowest BCUT2D eigenvalue weighted by Gasteiger charge is -2.23. The maximum absolute atomic E-state index is 4.86. The highest BCUT2D eigenvalue weighted by atomic mass is 32.1. The summed E-state index contributed by atoms with van der Waals surface area (Å²) < 4.78 is 0. The number of thiazole rings is 1. The Bertz CT molecular complexity index is 350.